The van der Waals surface area contributed by atoms with E-state index in [-0.39, 0.29) is 19.3 Å². The Kier molecular flexibility index (Phi) is 22.4. The summed E-state index contributed by atoms with van der Waals surface area (Å²) in [6.45, 7) is 21.0. The molecule has 0 saturated carbocycles. The van der Waals surface area contributed by atoms with Gasteiger partial charge in [-0.1, -0.05) is 60.2 Å². The van der Waals surface area contributed by atoms with Crippen LogP contribution in [0.4, 0.5) is 0 Å². The van der Waals surface area contributed by atoms with E-state index in [1.165, 1.54) is 0 Å². The highest BCUT2D eigenvalue weighted by Gasteiger charge is 2.43. The van der Waals surface area contributed by atoms with Crippen molar-refractivity contribution in [3.63, 3.8) is 0 Å². The van der Waals surface area contributed by atoms with E-state index in [4.69, 9.17) is 42.0 Å². The van der Waals surface area contributed by atoms with Gasteiger partial charge in [0.25, 0.3) is 0 Å². The molecular weight excluding hydrogens is 719 g/mol. The van der Waals surface area contributed by atoms with Gasteiger partial charge in [-0.2, -0.15) is 0 Å². The molecule has 0 bridgehead atoms. The van der Waals surface area contributed by atoms with E-state index in [0.717, 1.165) is 36.5 Å². The number of rotatable bonds is 30. The first-order valence-electron chi connectivity index (χ1n) is 16.3. The van der Waals surface area contributed by atoms with Crippen LogP contribution in [0.5, 0.6) is 0 Å². The molecule has 0 fully saturated rings. The van der Waals surface area contributed by atoms with Crippen LogP contribution < -0.4 is 0 Å². The fraction of sp³-hybridized carbons (Fsp3) is 0.500. The van der Waals surface area contributed by atoms with Gasteiger partial charge in [0.05, 0.1) is 36.1 Å². The minimum Gasteiger partial charge on any atom is -0.462 e. The summed E-state index contributed by atoms with van der Waals surface area (Å²) >= 11 is 0. The number of ether oxygens (including phenoxy) is 6. The van der Waals surface area contributed by atoms with Gasteiger partial charge >= 0.3 is 43.6 Å². The average Bonchev–Trinajstić information content (AvgIpc) is 3.19. The van der Waals surface area contributed by atoms with Crippen LogP contribution >= 0.6 is 7.82 Å². The molecule has 296 valence electrons. The molecule has 0 saturated heterocycles. The van der Waals surface area contributed by atoms with Gasteiger partial charge in [-0.15, -0.1) is 0 Å². The number of phosphoric acid groups is 1. The fourth-order valence-corrected chi connectivity index (χ4v) is 5.27. The van der Waals surface area contributed by atoms with Crippen LogP contribution in [-0.2, 0) is 75.3 Å². The highest BCUT2D eigenvalue weighted by Crippen LogP contribution is 2.53. The van der Waals surface area contributed by atoms with Crippen LogP contribution in [0.15, 0.2) is 75.9 Å². The van der Waals surface area contributed by atoms with Crippen LogP contribution in [0.25, 0.3) is 0 Å². The predicted molar refractivity (Wildman–Crippen MR) is 191 cm³/mol. The number of phosphoric ester groups is 1. The van der Waals surface area contributed by atoms with Gasteiger partial charge < -0.3 is 28.4 Å². The second kappa shape index (κ2) is 24.6. The number of carbonyl (C=O) groups excluding carboxylic acids is 6. The van der Waals surface area contributed by atoms with E-state index < -0.39 is 119 Å². The molecule has 0 atom stereocenters. The molecule has 53 heavy (non-hydrogen) atoms. The normalized spacial score (nSPS) is 11.5. The largest absolute Gasteiger partial charge is 0.474 e. The molecule has 0 heterocycles. The first kappa shape index (κ1) is 48.4. The van der Waals surface area contributed by atoms with Crippen molar-refractivity contribution in [2.45, 2.75) is 40.0 Å². The summed E-state index contributed by atoms with van der Waals surface area (Å²) in [7, 11) is -4.84. The Morgan fingerprint density at radius 1 is 0.396 bits per heavy atom. The summed E-state index contributed by atoms with van der Waals surface area (Å²) in [5, 5.41) is 0. The molecule has 0 spiro atoms. The van der Waals surface area contributed by atoms with Crippen molar-refractivity contribution in [3.05, 3.63) is 75.9 Å². The number of carbonyl (C=O) groups is 6. The Morgan fingerprint density at radius 2 is 0.566 bits per heavy atom. The third kappa shape index (κ3) is 18.1. The minimum atomic E-state index is -4.84. The van der Waals surface area contributed by atoms with Crippen molar-refractivity contribution < 1.29 is 75.3 Å². The highest BCUT2D eigenvalue weighted by molar-refractivity contribution is 7.48. The van der Waals surface area contributed by atoms with E-state index >= 15 is 0 Å². The van der Waals surface area contributed by atoms with Crippen LogP contribution in [0, 0.1) is 16.2 Å². The van der Waals surface area contributed by atoms with Gasteiger partial charge in [0.15, 0.2) is 0 Å². The van der Waals surface area contributed by atoms with Gasteiger partial charge in [0, 0.05) is 36.5 Å². The smallest absolute Gasteiger partial charge is 0.462 e. The standard InChI is InChI=1S/C36H51O16P/c1-10-28(37)44-19-34(16-7,20-45-29(38)11-2)25-50-53(43,51-26-35(17-8,21-46-30(39)12-3)22-47-31(40)13-4)52-27-36(18-9,23-48-32(41)14-5)24-49-33(42)15-6/h10-15H,1-6,16-27H2,7-9H3. The molecule has 0 aromatic carbocycles. The highest BCUT2D eigenvalue weighted by atomic mass is 31.2. The second-order valence-electron chi connectivity index (χ2n) is 11.7. The average molecular weight is 771 g/mol. The summed E-state index contributed by atoms with van der Waals surface area (Å²) in [4.78, 5) is 72.1. The van der Waals surface area contributed by atoms with E-state index in [0.29, 0.717) is 0 Å². The maximum atomic E-state index is 14.7. The molecule has 17 heteroatoms. The zero-order chi connectivity index (χ0) is 40.6. The van der Waals surface area contributed by atoms with Crippen LogP contribution in [0.1, 0.15) is 40.0 Å². The zero-order valence-electron chi connectivity index (χ0n) is 30.7. The van der Waals surface area contributed by atoms with E-state index in [1.807, 2.05) is 0 Å². The summed E-state index contributed by atoms with van der Waals surface area (Å²) in [6, 6.07) is 0. The Labute approximate surface area is 310 Å². The van der Waals surface area contributed by atoms with Crippen molar-refractivity contribution in [1.82, 2.24) is 0 Å². The lowest BCUT2D eigenvalue weighted by Gasteiger charge is -2.36. The summed E-state index contributed by atoms with van der Waals surface area (Å²) in [5.41, 5.74) is -4.00. The lowest BCUT2D eigenvalue weighted by molar-refractivity contribution is -0.150. The molecule has 0 rings (SSSR count). The number of hydrogen-bond acceptors (Lipinski definition) is 16. The van der Waals surface area contributed by atoms with Gasteiger partial charge in [0.1, 0.15) is 39.6 Å². The first-order valence-corrected chi connectivity index (χ1v) is 17.8. The quantitative estimate of drug-likeness (QED) is 0.0420. The lowest BCUT2D eigenvalue weighted by Crippen LogP contribution is -2.40. The van der Waals surface area contributed by atoms with Gasteiger partial charge in [-0.05, 0) is 19.3 Å². The summed E-state index contributed by atoms with van der Waals surface area (Å²) < 4.78 is 63.8. The van der Waals surface area contributed by atoms with E-state index in [2.05, 4.69) is 39.5 Å². The number of hydrogen-bond donors (Lipinski definition) is 0. The monoisotopic (exact) mass is 770 g/mol. The third-order valence-corrected chi connectivity index (χ3v) is 9.30. The van der Waals surface area contributed by atoms with E-state index in [9.17, 15) is 33.3 Å². The summed E-state index contributed by atoms with van der Waals surface area (Å²) in [5.74, 6) is -4.83. The van der Waals surface area contributed by atoms with Gasteiger partial charge in [-0.3, -0.25) is 13.6 Å². The van der Waals surface area contributed by atoms with Crippen molar-refractivity contribution in [1.29, 1.82) is 0 Å². The maximum Gasteiger partial charge on any atom is 0.474 e. The molecular formula is C36H51O16P. The Morgan fingerprint density at radius 3 is 0.698 bits per heavy atom. The fourth-order valence-electron chi connectivity index (χ4n) is 3.75. The lowest BCUT2D eigenvalue weighted by atomic mass is 9.88. The molecule has 0 aliphatic heterocycles. The predicted octanol–water partition coefficient (Wildman–Crippen LogP) is 4.71. The maximum absolute atomic E-state index is 14.7. The van der Waals surface area contributed by atoms with Crippen molar-refractivity contribution in [2.24, 2.45) is 16.2 Å². The van der Waals surface area contributed by atoms with Crippen LogP contribution in [-0.4, -0.2) is 95.3 Å². The Balaban J connectivity index is 7.01. The topological polar surface area (TPSA) is 203 Å². The van der Waals surface area contributed by atoms with Crippen LogP contribution in [0.2, 0.25) is 0 Å². The Hall–Kier alpha value is -4.63. The number of esters is 6. The molecule has 0 aromatic rings. The zero-order valence-corrected chi connectivity index (χ0v) is 31.6. The van der Waals surface area contributed by atoms with Crippen molar-refractivity contribution >= 4 is 43.6 Å². The molecule has 0 radical (unpaired) electrons. The van der Waals surface area contributed by atoms with E-state index in [1.54, 1.807) is 20.8 Å². The molecule has 0 unspecified atom stereocenters. The summed E-state index contributed by atoms with van der Waals surface area (Å²) in [6.07, 6.45) is 5.88. The van der Waals surface area contributed by atoms with Crippen LogP contribution in [0.3, 0.4) is 0 Å². The molecule has 0 amide bonds. The molecule has 0 aliphatic carbocycles. The molecule has 0 N–H and O–H groups in total. The SMILES string of the molecule is C=CC(=O)OCC(CC)(COC(=O)C=C)COP(=O)(OCC(CC)(COC(=O)C=C)COC(=O)C=C)OCC(CC)(COC(=O)C=C)COC(=O)C=C. The molecule has 0 aromatic heterocycles. The molecule has 0 aliphatic rings. The molecule has 16 nitrogen and oxygen atoms in total. The second-order valence-corrected chi connectivity index (χ2v) is 13.4. The third-order valence-electron chi connectivity index (χ3n) is 7.96. The first-order chi connectivity index (χ1) is 25.0. The van der Waals surface area contributed by atoms with Gasteiger partial charge in [-0.25, -0.2) is 33.3 Å². The van der Waals surface area contributed by atoms with Crippen molar-refractivity contribution in [3.8, 4) is 0 Å². The Bertz CT molecular complexity index is 1150. The van der Waals surface area contributed by atoms with Crippen molar-refractivity contribution in [2.75, 3.05) is 59.5 Å². The minimum absolute atomic E-state index is 0.129. The van der Waals surface area contributed by atoms with Gasteiger partial charge in [0.2, 0.25) is 0 Å².